The van der Waals surface area contributed by atoms with Crippen molar-refractivity contribution in [2.75, 3.05) is 5.88 Å². The van der Waals surface area contributed by atoms with Gasteiger partial charge in [0, 0.05) is 5.71 Å². The molecule has 0 aliphatic carbocycles. The first-order valence-corrected chi connectivity index (χ1v) is 1.91. The number of nitrogens with one attached hydrogen (secondary N) is 1. The van der Waals surface area contributed by atoms with E-state index >= 15 is 0 Å². The van der Waals surface area contributed by atoms with Gasteiger partial charge in [-0.3, -0.25) is 0 Å². The minimum atomic E-state index is 0.361. The Hall–Kier alpha value is -0.0400. The number of alkyl halides is 1. The van der Waals surface area contributed by atoms with Gasteiger partial charge in [-0.25, -0.2) is 0 Å². The maximum Gasteiger partial charge on any atom is 0.0598 e. The maximum atomic E-state index is 6.61. The Morgan fingerprint density at radius 3 is 2.20 bits per heavy atom. The molecule has 0 unspecified atom stereocenters. The van der Waals surface area contributed by atoms with Gasteiger partial charge in [0.15, 0.2) is 0 Å². The van der Waals surface area contributed by atoms with Crippen molar-refractivity contribution in [1.82, 2.24) is 0 Å². The highest BCUT2D eigenvalue weighted by Gasteiger charge is 1.73. The molecule has 1 N–H and O–H groups in total. The third-order valence-electron chi connectivity index (χ3n) is 0.200. The Kier molecular flexibility index (Phi) is 2.19. The van der Waals surface area contributed by atoms with Gasteiger partial charge in [-0.05, 0) is 6.92 Å². The molecule has 2 heteroatoms. The summed E-state index contributed by atoms with van der Waals surface area (Å²) >= 11 is 5.11. The van der Waals surface area contributed by atoms with E-state index in [4.69, 9.17) is 17.0 Å². The van der Waals surface area contributed by atoms with Crippen LogP contribution >= 0.6 is 11.6 Å². The zero-order chi connectivity index (χ0) is 4.28. The molecule has 0 aliphatic heterocycles. The highest BCUT2D eigenvalue weighted by Crippen LogP contribution is 1.72. The lowest BCUT2D eigenvalue weighted by atomic mass is 10.5. The van der Waals surface area contributed by atoms with Crippen LogP contribution in [0.3, 0.4) is 0 Å². The van der Waals surface area contributed by atoms with Crippen molar-refractivity contribution in [2.24, 2.45) is 0 Å². The Morgan fingerprint density at radius 1 is 2.00 bits per heavy atom. The summed E-state index contributed by atoms with van der Waals surface area (Å²) in [6.45, 7) is 1.67. The largest absolute Gasteiger partial charge is 0.309 e. The van der Waals surface area contributed by atoms with Crippen LogP contribution < -0.4 is 0 Å². The Bertz CT molecular complexity index is 42.2. The van der Waals surface area contributed by atoms with Crippen LogP contribution in [-0.2, 0) is 0 Å². The second-order valence-corrected chi connectivity index (χ2v) is 1.18. The van der Waals surface area contributed by atoms with Gasteiger partial charge in [0.1, 0.15) is 0 Å². The summed E-state index contributed by atoms with van der Waals surface area (Å²) in [5.74, 6) is 0.361. The first-order valence-electron chi connectivity index (χ1n) is 1.37. The van der Waals surface area contributed by atoms with Crippen molar-refractivity contribution in [3.8, 4) is 0 Å². The van der Waals surface area contributed by atoms with E-state index in [0.29, 0.717) is 11.6 Å². The molecule has 0 bridgehead atoms. The molecule has 0 rings (SSSR count). The maximum absolute atomic E-state index is 6.61. The lowest BCUT2D eigenvalue weighted by Crippen LogP contribution is -1.84. The van der Waals surface area contributed by atoms with E-state index < -0.39 is 0 Å². The topological polar surface area (TPSA) is 23.9 Å². The predicted octanol–water partition coefficient (Wildman–Crippen LogP) is 1.26. The van der Waals surface area contributed by atoms with E-state index in [1.165, 1.54) is 0 Å². The van der Waals surface area contributed by atoms with Crippen LogP contribution in [0, 0.1) is 5.41 Å². The minimum absolute atomic E-state index is 0.361. The van der Waals surface area contributed by atoms with Gasteiger partial charge in [-0.1, -0.05) is 0 Å². The molecule has 0 saturated carbocycles. The Balaban J connectivity index is 2.85. The summed E-state index contributed by atoms with van der Waals surface area (Å²) in [6.07, 6.45) is 0. The molecule has 0 aromatic heterocycles. The average molecular weight is 91.5 g/mol. The molecule has 0 amide bonds. The van der Waals surface area contributed by atoms with Gasteiger partial charge < -0.3 is 5.41 Å². The van der Waals surface area contributed by atoms with E-state index in [2.05, 4.69) is 0 Å². The smallest absolute Gasteiger partial charge is 0.0598 e. The van der Waals surface area contributed by atoms with Crippen LogP contribution in [0.4, 0.5) is 0 Å². The summed E-state index contributed by atoms with van der Waals surface area (Å²) < 4.78 is 0. The van der Waals surface area contributed by atoms with E-state index in [1.54, 1.807) is 6.92 Å². The Morgan fingerprint density at radius 2 is 2.20 bits per heavy atom. The molecule has 0 radical (unpaired) electrons. The number of rotatable bonds is 1. The molecular formula is C3H6ClN. The molecule has 0 aromatic carbocycles. The third kappa shape index (κ3) is 3.96. The van der Waals surface area contributed by atoms with Crippen molar-refractivity contribution in [3.63, 3.8) is 0 Å². The zero-order valence-corrected chi connectivity index (χ0v) is 3.84. The third-order valence-corrected chi connectivity index (χ3v) is 0.601. The SMILES string of the molecule is CC(=N)CCl. The molecule has 0 spiro atoms. The van der Waals surface area contributed by atoms with Crippen molar-refractivity contribution in [2.45, 2.75) is 6.92 Å². The molecule has 5 heavy (non-hydrogen) atoms. The fraction of sp³-hybridized carbons (Fsp3) is 0.667. The summed E-state index contributed by atoms with van der Waals surface area (Å²) in [4.78, 5) is 0. The highest BCUT2D eigenvalue weighted by atomic mass is 35.5. The first-order chi connectivity index (χ1) is 2.27. The van der Waals surface area contributed by atoms with Gasteiger partial charge in [0.25, 0.3) is 0 Å². The molecule has 0 atom stereocenters. The molecule has 0 fully saturated rings. The fourth-order valence-corrected chi connectivity index (χ4v) is 0. The molecule has 0 aliphatic rings. The molecule has 30 valence electrons. The van der Waals surface area contributed by atoms with Crippen LogP contribution in [0.5, 0.6) is 0 Å². The van der Waals surface area contributed by atoms with Crippen molar-refractivity contribution in [3.05, 3.63) is 0 Å². The van der Waals surface area contributed by atoms with Gasteiger partial charge in [-0.2, -0.15) is 0 Å². The van der Waals surface area contributed by atoms with E-state index in [9.17, 15) is 0 Å². The first kappa shape index (κ1) is 4.96. The van der Waals surface area contributed by atoms with Crippen LogP contribution in [0.25, 0.3) is 0 Å². The second kappa shape index (κ2) is 2.21. The lowest BCUT2D eigenvalue weighted by molar-refractivity contribution is 1.46. The predicted molar refractivity (Wildman–Crippen MR) is 24.1 cm³/mol. The monoisotopic (exact) mass is 91.0 g/mol. The quantitative estimate of drug-likeness (QED) is 0.371. The number of hydrogen-bond acceptors (Lipinski definition) is 1. The minimum Gasteiger partial charge on any atom is -0.309 e. The van der Waals surface area contributed by atoms with E-state index in [-0.39, 0.29) is 0 Å². The van der Waals surface area contributed by atoms with Crippen molar-refractivity contribution >= 4 is 17.3 Å². The normalized spacial score (nSPS) is 7.60. The van der Waals surface area contributed by atoms with Gasteiger partial charge >= 0.3 is 0 Å². The van der Waals surface area contributed by atoms with Gasteiger partial charge in [-0.15, -0.1) is 11.6 Å². The molecule has 0 saturated heterocycles. The van der Waals surface area contributed by atoms with Crippen LogP contribution in [-0.4, -0.2) is 11.6 Å². The van der Waals surface area contributed by atoms with Crippen LogP contribution in [0.2, 0.25) is 0 Å². The molecule has 0 aromatic rings. The van der Waals surface area contributed by atoms with E-state index in [1.807, 2.05) is 0 Å². The summed E-state index contributed by atoms with van der Waals surface area (Å²) in [5.41, 5.74) is 0.520. The van der Waals surface area contributed by atoms with Crippen molar-refractivity contribution < 1.29 is 0 Å². The van der Waals surface area contributed by atoms with Gasteiger partial charge in [0.05, 0.1) is 5.88 Å². The number of hydrogen-bond donors (Lipinski definition) is 1. The second-order valence-electron chi connectivity index (χ2n) is 0.914. The lowest BCUT2D eigenvalue weighted by Gasteiger charge is -1.75. The summed E-state index contributed by atoms with van der Waals surface area (Å²) in [6, 6.07) is 0. The van der Waals surface area contributed by atoms with Gasteiger partial charge in [0.2, 0.25) is 0 Å². The summed E-state index contributed by atoms with van der Waals surface area (Å²) in [5, 5.41) is 6.61. The number of halogens is 1. The average Bonchev–Trinajstić information content (AvgIpc) is 1.38. The molecule has 0 heterocycles. The van der Waals surface area contributed by atoms with Crippen LogP contribution in [0.1, 0.15) is 6.92 Å². The molecule has 1 nitrogen and oxygen atoms in total. The van der Waals surface area contributed by atoms with Crippen molar-refractivity contribution in [1.29, 1.82) is 5.41 Å². The fourth-order valence-electron chi connectivity index (χ4n) is 0. The summed E-state index contributed by atoms with van der Waals surface area (Å²) in [7, 11) is 0. The standard InChI is InChI=1S/C3H6ClN/c1-3(5)2-4/h5H,2H2,1H3. The highest BCUT2D eigenvalue weighted by molar-refractivity contribution is 6.27. The van der Waals surface area contributed by atoms with E-state index in [0.717, 1.165) is 0 Å². The van der Waals surface area contributed by atoms with Crippen LogP contribution in [0.15, 0.2) is 0 Å². The zero-order valence-electron chi connectivity index (χ0n) is 3.09. The Labute approximate surface area is 36.5 Å². The molecular weight excluding hydrogens is 85.5 g/mol.